The van der Waals surface area contributed by atoms with E-state index in [0.717, 1.165) is 30.4 Å². The molecular weight excluding hydrogens is 266 g/mol. The summed E-state index contributed by atoms with van der Waals surface area (Å²) in [5.41, 5.74) is 1.40. The lowest BCUT2D eigenvalue weighted by atomic mass is 9.99. The van der Waals surface area contributed by atoms with Gasteiger partial charge in [-0.3, -0.25) is 4.79 Å². The molecule has 2 fully saturated rings. The molecule has 0 unspecified atom stereocenters. The van der Waals surface area contributed by atoms with Crippen LogP contribution in [-0.4, -0.2) is 46.1 Å². The second-order valence-corrected chi connectivity index (χ2v) is 6.10. The Balaban J connectivity index is 1.58. The normalized spacial score (nSPS) is 21.2. The van der Waals surface area contributed by atoms with Crippen LogP contribution < -0.4 is 0 Å². The molecule has 0 aromatic carbocycles. The van der Waals surface area contributed by atoms with E-state index in [9.17, 15) is 4.79 Å². The van der Waals surface area contributed by atoms with Gasteiger partial charge in [-0.05, 0) is 25.0 Å². The monoisotopic (exact) mass is 285 g/mol. The summed E-state index contributed by atoms with van der Waals surface area (Å²) in [4.78, 5) is 22.0. The first kappa shape index (κ1) is 12.8. The maximum atomic E-state index is 12.7. The number of hydrogen-bond donors (Lipinski definition) is 1. The minimum Gasteiger partial charge on any atom is -0.371 e. The summed E-state index contributed by atoms with van der Waals surface area (Å²) in [6.45, 7) is 2.04. The first-order valence-electron chi connectivity index (χ1n) is 7.62. The molecular formula is C16H19N3O2. The zero-order valence-electron chi connectivity index (χ0n) is 12.0. The number of H-pyrrole nitrogens is 1. The van der Waals surface area contributed by atoms with E-state index in [1.165, 1.54) is 12.8 Å². The second kappa shape index (κ2) is 4.84. The minimum absolute atomic E-state index is 0.0696. The molecule has 1 saturated heterocycles. The predicted molar refractivity (Wildman–Crippen MR) is 79.1 cm³/mol. The molecule has 0 bridgehead atoms. The Bertz CT molecular complexity index is 673. The maximum Gasteiger partial charge on any atom is 0.255 e. The van der Waals surface area contributed by atoms with E-state index in [1.807, 2.05) is 23.2 Å². The molecule has 2 aromatic heterocycles. The fourth-order valence-electron chi connectivity index (χ4n) is 3.58. The smallest absolute Gasteiger partial charge is 0.255 e. The Kier molecular flexibility index (Phi) is 2.96. The Morgan fingerprint density at radius 2 is 2.24 bits per heavy atom. The highest BCUT2D eigenvalue weighted by Gasteiger charge is 2.40. The van der Waals surface area contributed by atoms with Gasteiger partial charge in [0.15, 0.2) is 0 Å². The van der Waals surface area contributed by atoms with Crippen molar-refractivity contribution < 1.29 is 9.53 Å². The van der Waals surface area contributed by atoms with Gasteiger partial charge in [-0.2, -0.15) is 0 Å². The summed E-state index contributed by atoms with van der Waals surface area (Å²) in [6.07, 6.45) is 8.07. The third-order valence-electron chi connectivity index (χ3n) is 4.70. The Morgan fingerprint density at radius 3 is 3.10 bits per heavy atom. The largest absolute Gasteiger partial charge is 0.371 e. The average molecular weight is 285 g/mol. The molecule has 110 valence electrons. The van der Waals surface area contributed by atoms with Crippen molar-refractivity contribution in [1.82, 2.24) is 14.9 Å². The van der Waals surface area contributed by atoms with Crippen LogP contribution in [0.5, 0.6) is 0 Å². The van der Waals surface area contributed by atoms with Crippen molar-refractivity contribution in [3.05, 3.63) is 30.1 Å². The van der Waals surface area contributed by atoms with Gasteiger partial charge >= 0.3 is 0 Å². The summed E-state index contributed by atoms with van der Waals surface area (Å²) < 4.78 is 5.99. The van der Waals surface area contributed by atoms with Crippen molar-refractivity contribution in [3.8, 4) is 0 Å². The number of nitrogens with zero attached hydrogens (tertiary/aromatic N) is 2. The fraction of sp³-hybridized carbons (Fsp3) is 0.500. The first-order chi connectivity index (χ1) is 10.3. The van der Waals surface area contributed by atoms with Crippen LogP contribution in [-0.2, 0) is 4.74 Å². The van der Waals surface area contributed by atoms with E-state index < -0.39 is 0 Å². The third-order valence-corrected chi connectivity index (χ3v) is 4.70. The molecule has 2 aromatic rings. The number of nitrogens with one attached hydrogen (secondary N) is 1. The quantitative estimate of drug-likeness (QED) is 0.875. The number of morpholine rings is 1. The number of carbonyl (C=O) groups is 1. The van der Waals surface area contributed by atoms with E-state index in [-0.39, 0.29) is 11.5 Å². The topological polar surface area (TPSA) is 58.2 Å². The predicted octanol–water partition coefficient (Wildman–Crippen LogP) is 2.35. The van der Waals surface area contributed by atoms with Crippen molar-refractivity contribution in [2.75, 3.05) is 19.7 Å². The molecule has 1 saturated carbocycles. The van der Waals surface area contributed by atoms with E-state index in [2.05, 4.69) is 9.97 Å². The molecule has 4 rings (SSSR count). The molecule has 5 nitrogen and oxygen atoms in total. The van der Waals surface area contributed by atoms with Crippen LogP contribution in [0, 0.1) is 0 Å². The van der Waals surface area contributed by atoms with Crippen LogP contribution in [0.4, 0.5) is 0 Å². The van der Waals surface area contributed by atoms with Crippen molar-refractivity contribution in [1.29, 1.82) is 0 Å². The van der Waals surface area contributed by atoms with Gasteiger partial charge in [0.05, 0.1) is 24.3 Å². The number of hydrogen-bond acceptors (Lipinski definition) is 3. The average Bonchev–Trinajstić information content (AvgIpc) is 3.15. The number of aromatic amines is 1. The van der Waals surface area contributed by atoms with Crippen molar-refractivity contribution in [3.63, 3.8) is 0 Å². The second-order valence-electron chi connectivity index (χ2n) is 6.10. The highest BCUT2D eigenvalue weighted by molar-refractivity contribution is 5.97. The summed E-state index contributed by atoms with van der Waals surface area (Å²) in [7, 11) is 0. The number of rotatable bonds is 1. The van der Waals surface area contributed by atoms with Crippen molar-refractivity contribution >= 4 is 16.9 Å². The van der Waals surface area contributed by atoms with Crippen LogP contribution in [0.1, 0.15) is 36.0 Å². The molecule has 3 heterocycles. The Labute approximate surface area is 123 Å². The lowest BCUT2D eigenvalue weighted by Crippen LogP contribution is -2.52. The Hall–Kier alpha value is -1.88. The van der Waals surface area contributed by atoms with E-state index in [1.54, 1.807) is 6.20 Å². The van der Waals surface area contributed by atoms with Crippen LogP contribution >= 0.6 is 0 Å². The lowest BCUT2D eigenvalue weighted by Gasteiger charge is -2.40. The van der Waals surface area contributed by atoms with E-state index in [0.29, 0.717) is 18.7 Å². The number of amides is 1. The molecule has 1 aliphatic heterocycles. The zero-order chi connectivity index (χ0) is 14.3. The van der Waals surface area contributed by atoms with Gasteiger partial charge in [-0.25, -0.2) is 4.98 Å². The lowest BCUT2D eigenvalue weighted by molar-refractivity contribution is -0.0948. The van der Waals surface area contributed by atoms with E-state index in [4.69, 9.17) is 4.74 Å². The molecule has 5 heteroatoms. The SMILES string of the molecule is O=C(c1cnc2[nH]ccc2c1)N1CCOC2(CCCC2)C1. The molecule has 2 aliphatic rings. The summed E-state index contributed by atoms with van der Waals surface area (Å²) >= 11 is 0. The number of fused-ring (bicyclic) bond motifs is 1. The van der Waals surface area contributed by atoms with Gasteiger partial charge in [0.2, 0.25) is 0 Å². The molecule has 1 amide bonds. The van der Waals surface area contributed by atoms with Crippen molar-refractivity contribution in [2.24, 2.45) is 0 Å². The summed E-state index contributed by atoms with van der Waals surface area (Å²) in [5, 5.41) is 0.977. The highest BCUT2D eigenvalue weighted by Crippen LogP contribution is 2.36. The standard InChI is InChI=1S/C16H19N3O2/c20-15(13-9-12-3-6-17-14(12)18-10-13)19-7-8-21-16(11-19)4-1-2-5-16/h3,6,9-10H,1-2,4-5,7-8,11H2,(H,17,18). The van der Waals surface area contributed by atoms with Crippen LogP contribution in [0.3, 0.4) is 0 Å². The minimum atomic E-state index is -0.0838. The number of carbonyl (C=O) groups excluding carboxylic acids is 1. The molecule has 0 radical (unpaired) electrons. The zero-order valence-corrected chi connectivity index (χ0v) is 12.0. The van der Waals surface area contributed by atoms with Gasteiger partial charge in [-0.1, -0.05) is 12.8 Å². The van der Waals surface area contributed by atoms with Gasteiger partial charge in [0, 0.05) is 24.3 Å². The van der Waals surface area contributed by atoms with Crippen molar-refractivity contribution in [2.45, 2.75) is 31.3 Å². The molecule has 1 N–H and O–H groups in total. The van der Waals surface area contributed by atoms with Crippen LogP contribution in [0.2, 0.25) is 0 Å². The number of aromatic nitrogens is 2. The third kappa shape index (κ3) is 2.21. The highest BCUT2D eigenvalue weighted by atomic mass is 16.5. The van der Waals surface area contributed by atoms with Gasteiger partial charge in [0.25, 0.3) is 5.91 Å². The van der Waals surface area contributed by atoms with Gasteiger partial charge in [0.1, 0.15) is 5.65 Å². The number of ether oxygens (including phenoxy) is 1. The van der Waals surface area contributed by atoms with Crippen LogP contribution in [0.15, 0.2) is 24.5 Å². The molecule has 1 aliphatic carbocycles. The molecule has 0 atom stereocenters. The van der Waals surface area contributed by atoms with Gasteiger partial charge in [-0.15, -0.1) is 0 Å². The van der Waals surface area contributed by atoms with Crippen LogP contribution in [0.25, 0.3) is 11.0 Å². The summed E-state index contributed by atoms with van der Waals surface area (Å²) in [6, 6.07) is 3.86. The fourth-order valence-corrected chi connectivity index (χ4v) is 3.58. The van der Waals surface area contributed by atoms with E-state index >= 15 is 0 Å². The maximum absolute atomic E-state index is 12.7. The Morgan fingerprint density at radius 1 is 1.38 bits per heavy atom. The molecule has 1 spiro atoms. The first-order valence-corrected chi connectivity index (χ1v) is 7.62. The molecule has 21 heavy (non-hydrogen) atoms. The number of pyridine rings is 1. The summed E-state index contributed by atoms with van der Waals surface area (Å²) in [5.74, 6) is 0.0696. The van der Waals surface area contributed by atoms with Gasteiger partial charge < -0.3 is 14.6 Å².